The molecule has 3 heterocycles. The maximum Gasteiger partial charge on any atom is 0.255 e. The molecule has 7 heteroatoms. The molecule has 1 amide bonds. The highest BCUT2D eigenvalue weighted by Gasteiger charge is 2.23. The van der Waals surface area contributed by atoms with Crippen molar-refractivity contribution in [3.8, 4) is 0 Å². The van der Waals surface area contributed by atoms with Crippen LogP contribution >= 0.6 is 0 Å². The molecule has 1 aliphatic heterocycles. The van der Waals surface area contributed by atoms with Crippen LogP contribution in [0.25, 0.3) is 0 Å². The number of amides is 1. The van der Waals surface area contributed by atoms with Crippen LogP contribution in [0.2, 0.25) is 0 Å². The number of aromatic nitrogens is 3. The first-order valence-electron chi connectivity index (χ1n) is 8.82. The smallest absolute Gasteiger partial charge is 0.255 e. The molecule has 1 saturated heterocycles. The van der Waals surface area contributed by atoms with Gasteiger partial charge in [0.05, 0.1) is 29.3 Å². The molecule has 0 radical (unpaired) electrons. The van der Waals surface area contributed by atoms with Crippen molar-refractivity contribution in [1.82, 2.24) is 25.2 Å². The van der Waals surface area contributed by atoms with E-state index in [9.17, 15) is 4.79 Å². The monoisotopic (exact) mass is 345 g/mol. The van der Waals surface area contributed by atoms with Crippen LogP contribution in [0.5, 0.6) is 0 Å². The third-order valence-corrected chi connectivity index (χ3v) is 4.64. The first-order valence-corrected chi connectivity index (χ1v) is 8.82. The Labute approximate surface area is 148 Å². The van der Waals surface area contributed by atoms with Crippen molar-refractivity contribution >= 4 is 5.91 Å². The lowest BCUT2D eigenvalue weighted by molar-refractivity contribution is 0.0907. The zero-order chi connectivity index (χ0) is 18.0. The largest absolute Gasteiger partial charge is 0.469 e. The Bertz CT molecular complexity index is 720. The second-order valence-electron chi connectivity index (χ2n) is 7.74. The number of hydrogen-bond donors (Lipinski definition) is 1. The summed E-state index contributed by atoms with van der Waals surface area (Å²) in [5.74, 6) is 0.620. The molecule has 0 saturated carbocycles. The molecule has 2 aromatic heterocycles. The molecule has 1 aliphatic rings. The van der Waals surface area contributed by atoms with Crippen LogP contribution in [-0.2, 0) is 12.1 Å². The molecule has 136 valence electrons. The average molecular weight is 345 g/mol. The molecular formula is C18H27N5O2. The molecule has 1 fully saturated rings. The Morgan fingerprint density at radius 2 is 2.08 bits per heavy atom. The Kier molecular flexibility index (Phi) is 4.94. The highest BCUT2D eigenvalue weighted by molar-refractivity contribution is 5.95. The first-order chi connectivity index (χ1) is 11.8. The summed E-state index contributed by atoms with van der Waals surface area (Å²) < 4.78 is 7.11. The summed E-state index contributed by atoms with van der Waals surface area (Å²) in [5, 5.41) is 11.6. The van der Waals surface area contributed by atoms with Crippen LogP contribution in [-0.4, -0.2) is 44.9 Å². The minimum absolute atomic E-state index is 0.0437. The van der Waals surface area contributed by atoms with E-state index in [4.69, 9.17) is 4.42 Å². The molecule has 0 bridgehead atoms. The van der Waals surface area contributed by atoms with E-state index in [0.717, 1.165) is 38.2 Å². The van der Waals surface area contributed by atoms with E-state index in [-0.39, 0.29) is 17.5 Å². The molecule has 0 spiro atoms. The van der Waals surface area contributed by atoms with Crippen LogP contribution in [0, 0.1) is 6.92 Å². The van der Waals surface area contributed by atoms with E-state index in [1.807, 2.05) is 17.8 Å². The minimum atomic E-state index is -0.0479. The van der Waals surface area contributed by atoms with E-state index < -0.39 is 0 Å². The van der Waals surface area contributed by atoms with Crippen molar-refractivity contribution in [1.29, 1.82) is 0 Å². The van der Waals surface area contributed by atoms with Crippen molar-refractivity contribution in [2.24, 2.45) is 0 Å². The quantitative estimate of drug-likeness (QED) is 0.920. The van der Waals surface area contributed by atoms with Gasteiger partial charge in [-0.15, -0.1) is 5.10 Å². The molecule has 25 heavy (non-hydrogen) atoms. The van der Waals surface area contributed by atoms with Gasteiger partial charge in [-0.2, -0.15) is 0 Å². The summed E-state index contributed by atoms with van der Waals surface area (Å²) in [6, 6.07) is 1.93. The van der Waals surface area contributed by atoms with Gasteiger partial charge < -0.3 is 9.73 Å². The Balaban J connectivity index is 1.48. The zero-order valence-corrected chi connectivity index (χ0v) is 15.5. The van der Waals surface area contributed by atoms with Crippen molar-refractivity contribution in [3.05, 3.63) is 35.5 Å². The van der Waals surface area contributed by atoms with E-state index in [1.165, 1.54) is 0 Å². The molecule has 3 rings (SSSR count). The number of hydrogen-bond acceptors (Lipinski definition) is 5. The first kappa shape index (κ1) is 17.7. The highest BCUT2D eigenvalue weighted by Crippen LogP contribution is 2.16. The number of rotatable bonds is 4. The molecule has 0 unspecified atom stereocenters. The number of carbonyl (C=O) groups excluding carboxylic acids is 1. The maximum absolute atomic E-state index is 12.3. The van der Waals surface area contributed by atoms with Gasteiger partial charge in [-0.1, -0.05) is 5.21 Å². The third-order valence-electron chi connectivity index (χ3n) is 4.64. The second kappa shape index (κ2) is 7.00. The predicted molar refractivity (Wildman–Crippen MR) is 94.2 cm³/mol. The number of likely N-dealkylation sites (tertiary alicyclic amines) is 1. The third kappa shape index (κ3) is 4.28. The van der Waals surface area contributed by atoms with Crippen LogP contribution in [0.1, 0.15) is 55.4 Å². The number of furan rings is 1. The normalized spacial score (nSPS) is 17.0. The van der Waals surface area contributed by atoms with Gasteiger partial charge in [0.25, 0.3) is 5.91 Å². The molecule has 7 nitrogen and oxygen atoms in total. The number of piperidine rings is 1. The lowest BCUT2D eigenvalue weighted by Gasteiger charge is -2.31. The summed E-state index contributed by atoms with van der Waals surface area (Å²) in [4.78, 5) is 14.6. The van der Waals surface area contributed by atoms with Crippen molar-refractivity contribution in [2.75, 3.05) is 13.1 Å². The van der Waals surface area contributed by atoms with Crippen LogP contribution in [0.15, 0.2) is 22.9 Å². The Hall–Kier alpha value is -2.15. The van der Waals surface area contributed by atoms with Gasteiger partial charge in [0.1, 0.15) is 5.76 Å². The SMILES string of the molecule is Cc1occc1C(=O)NC1CCN(Cc2cn(C(C)(C)C)nn2)CC1. The fourth-order valence-electron chi connectivity index (χ4n) is 3.05. The summed E-state index contributed by atoms with van der Waals surface area (Å²) in [6.45, 7) is 10.8. The van der Waals surface area contributed by atoms with E-state index in [2.05, 4.69) is 41.3 Å². The van der Waals surface area contributed by atoms with Crippen molar-refractivity contribution in [2.45, 2.75) is 58.7 Å². The van der Waals surface area contributed by atoms with Gasteiger partial charge in [-0.3, -0.25) is 9.69 Å². The molecule has 0 aliphatic carbocycles. The second-order valence-corrected chi connectivity index (χ2v) is 7.74. The maximum atomic E-state index is 12.3. The lowest BCUT2D eigenvalue weighted by Crippen LogP contribution is -2.44. The molecule has 2 aromatic rings. The number of carbonyl (C=O) groups is 1. The number of nitrogens with zero attached hydrogens (tertiary/aromatic N) is 4. The summed E-state index contributed by atoms with van der Waals surface area (Å²) in [6.07, 6.45) is 5.46. The van der Waals surface area contributed by atoms with E-state index >= 15 is 0 Å². The van der Waals surface area contributed by atoms with Crippen molar-refractivity contribution in [3.63, 3.8) is 0 Å². The predicted octanol–water partition coefficient (Wildman–Crippen LogP) is 2.33. The Morgan fingerprint density at radius 3 is 2.64 bits per heavy atom. The standard InChI is InChI=1S/C18H27N5O2/c1-13-16(7-10-25-13)17(24)19-14-5-8-22(9-6-14)11-15-12-23(21-20-15)18(2,3)4/h7,10,12,14H,5-6,8-9,11H2,1-4H3,(H,19,24). The van der Waals surface area contributed by atoms with Crippen LogP contribution < -0.4 is 5.32 Å². The molecule has 0 atom stereocenters. The number of aryl methyl sites for hydroxylation is 1. The molecule has 0 aromatic carbocycles. The van der Waals surface area contributed by atoms with Crippen molar-refractivity contribution < 1.29 is 9.21 Å². The zero-order valence-electron chi connectivity index (χ0n) is 15.5. The lowest BCUT2D eigenvalue weighted by atomic mass is 10.0. The fourth-order valence-corrected chi connectivity index (χ4v) is 3.05. The van der Waals surface area contributed by atoms with Gasteiger partial charge in [0, 0.05) is 25.7 Å². The fraction of sp³-hybridized carbons (Fsp3) is 0.611. The summed E-state index contributed by atoms with van der Waals surface area (Å²) in [7, 11) is 0. The minimum Gasteiger partial charge on any atom is -0.469 e. The average Bonchev–Trinajstić information content (AvgIpc) is 3.18. The topological polar surface area (TPSA) is 76.2 Å². The van der Waals surface area contributed by atoms with E-state index in [0.29, 0.717) is 11.3 Å². The highest BCUT2D eigenvalue weighted by atomic mass is 16.3. The number of nitrogens with one attached hydrogen (secondary N) is 1. The van der Waals surface area contributed by atoms with Gasteiger partial charge >= 0.3 is 0 Å². The molecular weight excluding hydrogens is 318 g/mol. The van der Waals surface area contributed by atoms with Gasteiger partial charge in [0.2, 0.25) is 0 Å². The van der Waals surface area contributed by atoms with Crippen LogP contribution in [0.4, 0.5) is 0 Å². The Morgan fingerprint density at radius 1 is 1.36 bits per heavy atom. The van der Waals surface area contributed by atoms with E-state index in [1.54, 1.807) is 12.3 Å². The summed E-state index contributed by atoms with van der Waals surface area (Å²) in [5.41, 5.74) is 1.57. The van der Waals surface area contributed by atoms with Gasteiger partial charge in [-0.25, -0.2) is 4.68 Å². The van der Waals surface area contributed by atoms with Gasteiger partial charge in [0.15, 0.2) is 0 Å². The van der Waals surface area contributed by atoms with Crippen LogP contribution in [0.3, 0.4) is 0 Å². The summed E-state index contributed by atoms with van der Waals surface area (Å²) >= 11 is 0. The molecule has 1 N–H and O–H groups in total. The van der Waals surface area contributed by atoms with Gasteiger partial charge in [-0.05, 0) is 46.6 Å².